The first-order valence-electron chi connectivity index (χ1n) is 10.9. The van der Waals surface area contributed by atoms with Crippen molar-refractivity contribution in [2.24, 2.45) is 0 Å². The van der Waals surface area contributed by atoms with Crippen molar-refractivity contribution in [3.63, 3.8) is 0 Å². The second kappa shape index (κ2) is 10.0. The van der Waals surface area contributed by atoms with Crippen molar-refractivity contribution in [3.05, 3.63) is 75.2 Å². The number of hydrogen-bond donors (Lipinski definition) is 3. The van der Waals surface area contributed by atoms with Gasteiger partial charge in [0, 0.05) is 18.4 Å². The van der Waals surface area contributed by atoms with Gasteiger partial charge in [-0.25, -0.2) is 14.6 Å². The molecule has 0 fully saturated rings. The van der Waals surface area contributed by atoms with Gasteiger partial charge in [0.15, 0.2) is 0 Å². The van der Waals surface area contributed by atoms with Crippen LogP contribution in [0.2, 0.25) is 0 Å². The summed E-state index contributed by atoms with van der Waals surface area (Å²) >= 11 is 1.03. The van der Waals surface area contributed by atoms with Crippen LogP contribution in [0.4, 0.5) is 4.79 Å². The number of hydrogen-bond acceptors (Lipinski definition) is 6. The number of nitrogens with one attached hydrogen (secondary N) is 2. The minimum Gasteiger partial charge on any atom is -0.477 e. The number of nitrogens with zero attached hydrogens (tertiary/aromatic N) is 1. The molecule has 0 unspecified atom stereocenters. The summed E-state index contributed by atoms with van der Waals surface area (Å²) in [5, 5.41) is 15.0. The number of fused-ring (bicyclic) bond motifs is 3. The number of thiazole rings is 1. The number of rotatable bonds is 8. The van der Waals surface area contributed by atoms with Crippen LogP contribution < -0.4 is 10.6 Å². The van der Waals surface area contributed by atoms with E-state index in [-0.39, 0.29) is 36.3 Å². The van der Waals surface area contributed by atoms with Gasteiger partial charge in [-0.05, 0) is 36.1 Å². The molecule has 1 aromatic heterocycles. The zero-order valence-electron chi connectivity index (χ0n) is 18.8. The third-order valence-electron chi connectivity index (χ3n) is 5.67. The molecule has 2 aromatic carbocycles. The molecule has 4 rings (SSSR count). The number of amides is 2. The molecular formula is C25H25N3O5S. The van der Waals surface area contributed by atoms with Crippen molar-refractivity contribution in [3.8, 4) is 11.1 Å². The monoisotopic (exact) mass is 479 g/mol. The average molecular weight is 480 g/mol. The summed E-state index contributed by atoms with van der Waals surface area (Å²) in [5.41, 5.74) is 5.00. The van der Waals surface area contributed by atoms with E-state index in [1.165, 1.54) is 0 Å². The molecule has 0 saturated heterocycles. The van der Waals surface area contributed by atoms with Crippen LogP contribution in [0.15, 0.2) is 48.5 Å². The second-order valence-electron chi connectivity index (χ2n) is 8.18. The Morgan fingerprint density at radius 3 is 2.29 bits per heavy atom. The molecule has 3 N–H and O–H groups in total. The molecule has 2 amide bonds. The molecule has 1 heterocycles. The maximum Gasteiger partial charge on any atom is 0.407 e. The third-order valence-corrected chi connectivity index (χ3v) is 6.82. The lowest BCUT2D eigenvalue weighted by Crippen LogP contribution is -2.37. The number of benzene rings is 2. The highest BCUT2D eigenvalue weighted by molar-refractivity contribution is 7.13. The summed E-state index contributed by atoms with van der Waals surface area (Å²) < 4.78 is 5.51. The third kappa shape index (κ3) is 5.09. The van der Waals surface area contributed by atoms with Crippen molar-refractivity contribution in [1.82, 2.24) is 15.6 Å². The number of aryl methyl sites for hydroxylation is 1. The molecule has 0 saturated carbocycles. The van der Waals surface area contributed by atoms with E-state index >= 15 is 0 Å². The first-order valence-corrected chi connectivity index (χ1v) is 11.7. The van der Waals surface area contributed by atoms with Crippen molar-refractivity contribution in [2.75, 3.05) is 6.61 Å². The van der Waals surface area contributed by atoms with Gasteiger partial charge in [-0.15, -0.1) is 11.3 Å². The van der Waals surface area contributed by atoms with E-state index in [1.54, 1.807) is 13.8 Å². The number of carbonyl (C=O) groups excluding carboxylic acids is 2. The summed E-state index contributed by atoms with van der Waals surface area (Å²) in [6.45, 7) is 3.67. The molecule has 1 aliphatic carbocycles. The fraction of sp³-hybridized carbons (Fsp3) is 0.280. The van der Waals surface area contributed by atoms with Gasteiger partial charge in [-0.3, -0.25) is 4.79 Å². The van der Waals surface area contributed by atoms with E-state index in [1.807, 2.05) is 24.3 Å². The Morgan fingerprint density at radius 2 is 1.71 bits per heavy atom. The number of carboxylic acids is 1. The van der Waals surface area contributed by atoms with Crippen LogP contribution in [0.1, 0.15) is 50.8 Å². The molecule has 1 atom stereocenters. The summed E-state index contributed by atoms with van der Waals surface area (Å²) in [6.07, 6.45) is -0.524. The predicted molar refractivity (Wildman–Crippen MR) is 128 cm³/mol. The highest BCUT2D eigenvalue weighted by Gasteiger charge is 2.29. The molecule has 0 spiro atoms. The van der Waals surface area contributed by atoms with Gasteiger partial charge in [-0.2, -0.15) is 0 Å². The zero-order valence-corrected chi connectivity index (χ0v) is 19.6. The van der Waals surface area contributed by atoms with Crippen LogP contribution in [0.5, 0.6) is 0 Å². The second-order valence-corrected chi connectivity index (χ2v) is 9.26. The highest BCUT2D eigenvalue weighted by atomic mass is 32.1. The van der Waals surface area contributed by atoms with Gasteiger partial charge < -0.3 is 20.5 Å². The molecule has 8 nitrogen and oxygen atoms in total. The Balaban J connectivity index is 1.25. The standard InChI is InChI=1S/C25H25N3O5S/c1-14(11-21(29)26-12-22-28-15(2)23(34-22)24(30)31)27-25(32)33-13-20-18-9-5-3-7-16(18)17-8-4-6-10-19(17)20/h3-10,14,20H,11-13H2,1-2H3,(H,26,29)(H,27,32)(H,30,31)/t14-/m1/s1. The molecule has 34 heavy (non-hydrogen) atoms. The van der Waals surface area contributed by atoms with Crippen LogP contribution in [-0.2, 0) is 16.1 Å². The van der Waals surface area contributed by atoms with E-state index in [9.17, 15) is 14.4 Å². The van der Waals surface area contributed by atoms with Crippen molar-refractivity contribution >= 4 is 29.3 Å². The van der Waals surface area contributed by atoms with E-state index in [0.29, 0.717) is 10.7 Å². The minimum atomic E-state index is -1.03. The summed E-state index contributed by atoms with van der Waals surface area (Å²) in [5.74, 6) is -1.35. The van der Waals surface area contributed by atoms with E-state index in [4.69, 9.17) is 9.84 Å². The van der Waals surface area contributed by atoms with Gasteiger partial charge in [0.1, 0.15) is 16.5 Å². The number of ether oxygens (including phenoxy) is 1. The van der Waals surface area contributed by atoms with Gasteiger partial charge in [0.05, 0.1) is 12.2 Å². The van der Waals surface area contributed by atoms with Crippen LogP contribution in [-0.4, -0.2) is 40.7 Å². The topological polar surface area (TPSA) is 118 Å². The summed E-state index contributed by atoms with van der Waals surface area (Å²) in [7, 11) is 0. The fourth-order valence-corrected chi connectivity index (χ4v) is 4.99. The van der Waals surface area contributed by atoms with Crippen LogP contribution in [0.3, 0.4) is 0 Å². The first kappa shape index (κ1) is 23.4. The lowest BCUT2D eigenvalue weighted by Gasteiger charge is -2.17. The first-order chi connectivity index (χ1) is 16.3. The van der Waals surface area contributed by atoms with Gasteiger partial charge in [0.2, 0.25) is 5.91 Å². The van der Waals surface area contributed by atoms with Crippen LogP contribution in [0.25, 0.3) is 11.1 Å². The van der Waals surface area contributed by atoms with Crippen molar-refractivity contribution < 1.29 is 24.2 Å². The highest BCUT2D eigenvalue weighted by Crippen LogP contribution is 2.44. The van der Waals surface area contributed by atoms with Gasteiger partial charge in [-0.1, -0.05) is 48.5 Å². The minimum absolute atomic E-state index is 0.0331. The molecule has 0 radical (unpaired) electrons. The van der Waals surface area contributed by atoms with Crippen LogP contribution in [0, 0.1) is 6.92 Å². The van der Waals surface area contributed by atoms with Crippen LogP contribution >= 0.6 is 11.3 Å². The predicted octanol–water partition coefficient (Wildman–Crippen LogP) is 4.08. The number of aromatic nitrogens is 1. The number of carbonyl (C=O) groups is 3. The van der Waals surface area contributed by atoms with Crippen molar-refractivity contribution in [2.45, 2.75) is 38.8 Å². The Labute approximate surface area is 201 Å². The molecular weight excluding hydrogens is 454 g/mol. The van der Waals surface area contributed by atoms with Crippen molar-refractivity contribution in [1.29, 1.82) is 0 Å². The molecule has 0 bridgehead atoms. The van der Waals surface area contributed by atoms with E-state index in [0.717, 1.165) is 33.6 Å². The quantitative estimate of drug-likeness (QED) is 0.448. The van der Waals surface area contributed by atoms with Gasteiger partial charge in [0.25, 0.3) is 0 Å². The Morgan fingerprint density at radius 1 is 1.09 bits per heavy atom. The summed E-state index contributed by atoms with van der Waals surface area (Å²) in [4.78, 5) is 40.0. The normalized spacial score (nSPS) is 13.0. The average Bonchev–Trinajstić information content (AvgIpc) is 3.34. The van der Waals surface area contributed by atoms with E-state index in [2.05, 4.69) is 39.9 Å². The molecule has 0 aliphatic heterocycles. The molecule has 1 aliphatic rings. The maximum atomic E-state index is 12.4. The molecule has 9 heteroatoms. The maximum absolute atomic E-state index is 12.4. The number of alkyl carbamates (subject to hydrolysis) is 1. The smallest absolute Gasteiger partial charge is 0.407 e. The fourth-order valence-electron chi connectivity index (χ4n) is 4.14. The largest absolute Gasteiger partial charge is 0.477 e. The number of aromatic carboxylic acids is 1. The molecule has 176 valence electrons. The Hall–Kier alpha value is -3.72. The lowest BCUT2D eigenvalue weighted by molar-refractivity contribution is -0.121. The lowest BCUT2D eigenvalue weighted by atomic mass is 9.98. The van der Waals surface area contributed by atoms with Gasteiger partial charge >= 0.3 is 12.1 Å². The number of carboxylic acid groups (broad SMARTS) is 1. The Bertz CT molecular complexity index is 1190. The van der Waals surface area contributed by atoms with E-state index < -0.39 is 18.1 Å². The molecule has 3 aromatic rings. The Kier molecular flexibility index (Phi) is 6.93. The summed E-state index contributed by atoms with van der Waals surface area (Å²) in [6, 6.07) is 15.8. The zero-order chi connectivity index (χ0) is 24.2. The SMILES string of the molecule is Cc1nc(CNC(=O)C[C@@H](C)NC(=O)OCC2c3ccccc3-c3ccccc32)sc1C(=O)O.